The van der Waals surface area contributed by atoms with Gasteiger partial charge in [0.05, 0.1) is 51.2 Å². The molecule has 30 heteroatoms. The smallest absolute Gasteiger partial charge is 0.265 e. The van der Waals surface area contributed by atoms with E-state index >= 15 is 0 Å². The monoisotopic (exact) mass is 1320 g/mol. The van der Waals surface area contributed by atoms with Crippen LogP contribution in [0.5, 0.6) is 5.75 Å². The van der Waals surface area contributed by atoms with Crippen LogP contribution in [0.3, 0.4) is 0 Å². The van der Waals surface area contributed by atoms with E-state index in [2.05, 4.69) is 97.8 Å². The maximum atomic E-state index is 11.7. The minimum Gasteiger partial charge on any atom is -0.495 e. The average Bonchev–Trinajstić information content (AvgIpc) is 1.17. The summed E-state index contributed by atoms with van der Waals surface area (Å²) in [5, 5.41) is 14.8. The second-order valence-corrected chi connectivity index (χ2v) is 21.2. The Morgan fingerprint density at radius 3 is 1.14 bits per heavy atom. The van der Waals surface area contributed by atoms with Crippen molar-refractivity contribution in [1.29, 1.82) is 0 Å². The van der Waals surface area contributed by atoms with Gasteiger partial charge in [0.15, 0.2) is 0 Å². The molecule has 96 heavy (non-hydrogen) atoms. The summed E-state index contributed by atoms with van der Waals surface area (Å²) in [7, 11) is 1.54. The van der Waals surface area contributed by atoms with Gasteiger partial charge in [-0.15, -0.1) is 11.3 Å². The van der Waals surface area contributed by atoms with E-state index in [1.165, 1.54) is 7.11 Å². The van der Waals surface area contributed by atoms with E-state index in [4.69, 9.17) is 39.7 Å². The SMILES string of the molecule is COc1ccc(C(=O)NN)cc1Nc1nccc(-c2cccnc2)n1.Cc1ccc(C(=O)NN)cc1Nc1nccc(-c2cccnc2)n1.Cc1ccc(C(=O)NN)cc1Nc1nccc(-c2cccs2)n1.NNC(=O)c1ccc(Cl)c(Nc2nccc(-c3cccnc3)n2)c1. The van der Waals surface area contributed by atoms with Crippen LogP contribution in [0.4, 0.5) is 46.5 Å². The Morgan fingerprint density at radius 2 is 0.760 bits per heavy atom. The minimum absolute atomic E-state index is 0.346. The number of nitrogens with two attached hydrogens (primary N) is 4. The third-order valence-electron chi connectivity index (χ3n) is 13.5. The number of hydrogen-bond acceptors (Lipinski definition) is 25. The van der Waals surface area contributed by atoms with Crippen LogP contribution in [0.1, 0.15) is 52.6 Å². The van der Waals surface area contributed by atoms with Gasteiger partial charge < -0.3 is 26.0 Å². The van der Waals surface area contributed by atoms with E-state index in [9.17, 15) is 19.2 Å². The molecule has 8 heterocycles. The topological polar surface area (TPSA) is 420 Å². The Balaban J connectivity index is 0.000000150. The predicted octanol–water partition coefficient (Wildman–Crippen LogP) is 9.49. The number of methoxy groups -OCH3 is 1. The quantitative estimate of drug-likeness (QED) is 0.0229. The van der Waals surface area contributed by atoms with Gasteiger partial charge in [-0.2, -0.15) is 0 Å². The zero-order valence-electron chi connectivity index (χ0n) is 51.3. The molecule has 28 nitrogen and oxygen atoms in total. The van der Waals surface area contributed by atoms with Gasteiger partial charge in [-0.25, -0.2) is 63.2 Å². The summed E-state index contributed by atoms with van der Waals surface area (Å²) in [6.07, 6.45) is 16.9. The van der Waals surface area contributed by atoms with E-state index < -0.39 is 11.8 Å². The summed E-state index contributed by atoms with van der Waals surface area (Å²) in [6.45, 7) is 3.87. The number of halogens is 1. The molecule has 0 aliphatic heterocycles. The number of nitrogens with zero attached hydrogens (tertiary/aromatic N) is 11. The number of amides is 4. The fourth-order valence-electron chi connectivity index (χ4n) is 8.58. The number of rotatable bonds is 17. The lowest BCUT2D eigenvalue weighted by Crippen LogP contribution is -2.30. The first-order valence-electron chi connectivity index (χ1n) is 28.6. The van der Waals surface area contributed by atoms with Crippen molar-refractivity contribution in [3.63, 3.8) is 0 Å². The zero-order chi connectivity index (χ0) is 67.8. The molecule has 0 spiro atoms. The number of ether oxygens (including phenoxy) is 1. The third kappa shape index (κ3) is 18.5. The number of anilines is 8. The Bertz CT molecular complexity index is 4480. The van der Waals surface area contributed by atoms with E-state index in [-0.39, 0.29) is 11.8 Å². The van der Waals surface area contributed by atoms with Crippen LogP contribution in [0, 0.1) is 13.8 Å². The highest BCUT2D eigenvalue weighted by molar-refractivity contribution is 7.13. The Morgan fingerprint density at radius 1 is 0.406 bits per heavy atom. The molecule has 482 valence electrons. The number of nitrogens with one attached hydrogen (secondary N) is 8. The number of nitrogen functional groups attached to an aromatic ring is 4. The van der Waals surface area contributed by atoms with Crippen molar-refractivity contribution in [2.75, 3.05) is 28.4 Å². The number of carbonyl (C=O) groups excluding carboxylic acids is 4. The summed E-state index contributed by atoms with van der Waals surface area (Å²) in [5.41, 5.74) is 20.2. The van der Waals surface area contributed by atoms with Crippen molar-refractivity contribution >= 4 is 93.1 Å². The number of hydrazine groups is 4. The van der Waals surface area contributed by atoms with Crippen LogP contribution in [-0.4, -0.2) is 85.6 Å². The molecule has 16 N–H and O–H groups in total. The lowest BCUT2D eigenvalue weighted by Gasteiger charge is -2.12. The van der Waals surface area contributed by atoms with Crippen LogP contribution >= 0.6 is 22.9 Å². The van der Waals surface area contributed by atoms with E-state index in [1.807, 2.05) is 92.0 Å². The molecule has 8 aromatic heterocycles. The molecule has 0 unspecified atom stereocenters. The number of hydrogen-bond donors (Lipinski definition) is 12. The molecule has 0 saturated carbocycles. The first kappa shape index (κ1) is 67.7. The van der Waals surface area contributed by atoms with Gasteiger partial charge in [-0.05, 0) is 158 Å². The molecule has 12 rings (SSSR count). The molecular formula is C66H60ClN23O5S. The summed E-state index contributed by atoms with van der Waals surface area (Å²) < 4.78 is 5.31. The summed E-state index contributed by atoms with van der Waals surface area (Å²) in [5.74, 6) is 21.3. The second kappa shape index (κ2) is 33.6. The number of benzene rings is 4. The average molecular weight is 1320 g/mol. The number of carbonyl (C=O) groups is 4. The summed E-state index contributed by atoms with van der Waals surface area (Å²) >= 11 is 7.78. The Kier molecular flexibility index (Phi) is 23.7. The molecule has 0 saturated heterocycles. The largest absolute Gasteiger partial charge is 0.495 e. The third-order valence-corrected chi connectivity index (χ3v) is 14.7. The molecule has 0 radical (unpaired) electrons. The lowest BCUT2D eigenvalue weighted by atomic mass is 10.1. The maximum absolute atomic E-state index is 11.7. The van der Waals surface area contributed by atoms with Crippen molar-refractivity contribution in [3.05, 3.63) is 251 Å². The van der Waals surface area contributed by atoms with Crippen LogP contribution < -0.4 is 71.1 Å². The standard InChI is InChI=1S/C17H16N6O2.C17H16N6O.C16H13ClN6O.C16H15N5OS/c1-25-15-5-4-11(16(24)23-18)9-14(15)22-17-20-8-6-13(21-17)12-3-2-7-19-10-12;1-11-4-5-12(16(24)23-18)9-15(11)22-17-20-8-6-14(21-17)13-3-2-7-19-10-13;17-12-4-3-10(15(24)23-18)8-14(12)22-16-20-7-5-13(21-16)11-2-1-6-19-9-11;1-10-4-5-11(15(22)21-17)9-13(10)20-16-18-7-6-12(19-16)14-3-2-8-23-14/h2-10H,18H2,1H3,(H,23,24)(H,20,21,22);2-10H,18H2,1H3,(H,23,24)(H,20,21,22);1-9H,18H2,(H,23,24)(H,20,21,22);2-9H,17H2,1H3,(H,21,22)(H,18,19,20). The van der Waals surface area contributed by atoms with Gasteiger partial charge in [-0.1, -0.05) is 29.8 Å². The molecule has 0 atom stereocenters. The molecule has 0 aliphatic carbocycles. The number of thiophene rings is 1. The molecule has 0 bridgehead atoms. The summed E-state index contributed by atoms with van der Waals surface area (Å²) in [6, 6.07) is 42.6. The van der Waals surface area contributed by atoms with Gasteiger partial charge in [0.25, 0.3) is 23.6 Å². The van der Waals surface area contributed by atoms with Gasteiger partial charge in [0.1, 0.15) is 5.75 Å². The number of pyridine rings is 3. The molecule has 4 amide bonds. The van der Waals surface area contributed by atoms with Crippen LogP contribution in [0.2, 0.25) is 5.02 Å². The highest BCUT2D eigenvalue weighted by Crippen LogP contribution is 2.31. The predicted molar refractivity (Wildman–Crippen MR) is 368 cm³/mol. The fraction of sp³-hybridized carbons (Fsp3) is 0.0455. The fourth-order valence-corrected chi connectivity index (χ4v) is 9.44. The first-order valence-corrected chi connectivity index (χ1v) is 29.9. The van der Waals surface area contributed by atoms with Gasteiger partial charge in [0, 0.05) is 112 Å². The maximum Gasteiger partial charge on any atom is 0.265 e. The van der Waals surface area contributed by atoms with Crippen LogP contribution in [0.25, 0.3) is 44.3 Å². The molecule has 4 aromatic carbocycles. The zero-order valence-corrected chi connectivity index (χ0v) is 52.8. The van der Waals surface area contributed by atoms with Crippen molar-refractivity contribution < 1.29 is 23.9 Å². The second-order valence-electron chi connectivity index (χ2n) is 19.8. The summed E-state index contributed by atoms with van der Waals surface area (Å²) in [4.78, 5) is 94.7. The highest BCUT2D eigenvalue weighted by atomic mass is 35.5. The van der Waals surface area contributed by atoms with E-state index in [0.717, 1.165) is 61.2 Å². The van der Waals surface area contributed by atoms with Gasteiger partial charge in [-0.3, -0.25) is 55.8 Å². The van der Waals surface area contributed by atoms with Crippen LogP contribution in [-0.2, 0) is 0 Å². The van der Waals surface area contributed by atoms with E-state index in [0.29, 0.717) is 73.9 Å². The highest BCUT2D eigenvalue weighted by Gasteiger charge is 2.15. The lowest BCUT2D eigenvalue weighted by molar-refractivity contribution is 0.0945. The van der Waals surface area contributed by atoms with Crippen molar-refractivity contribution in [2.24, 2.45) is 23.4 Å². The molecule has 0 fully saturated rings. The Labute approximate surface area is 557 Å². The Hall–Kier alpha value is -12.6. The minimum atomic E-state index is -0.417. The molecular weight excluding hydrogens is 1260 g/mol. The van der Waals surface area contributed by atoms with Crippen molar-refractivity contribution in [3.8, 4) is 50.1 Å². The van der Waals surface area contributed by atoms with Crippen molar-refractivity contribution in [1.82, 2.24) is 76.5 Å². The molecule has 12 aromatic rings. The first-order chi connectivity index (χ1) is 46.7. The van der Waals surface area contributed by atoms with Gasteiger partial charge in [0.2, 0.25) is 23.8 Å². The number of aromatic nitrogens is 11. The number of aryl methyl sites for hydroxylation is 2. The molecule has 0 aliphatic rings. The normalized spacial score (nSPS) is 10.2. The van der Waals surface area contributed by atoms with E-state index in [1.54, 1.807) is 146 Å². The van der Waals surface area contributed by atoms with Crippen LogP contribution in [0.15, 0.2) is 213 Å². The van der Waals surface area contributed by atoms with Gasteiger partial charge >= 0.3 is 0 Å². The van der Waals surface area contributed by atoms with Crippen molar-refractivity contribution in [2.45, 2.75) is 13.8 Å².